The number of benzene rings is 4. The van der Waals surface area contributed by atoms with Gasteiger partial charge in [0.1, 0.15) is 15.7 Å². The van der Waals surface area contributed by atoms with Gasteiger partial charge in [-0.05, 0) is 60.0 Å². The van der Waals surface area contributed by atoms with Crippen molar-refractivity contribution in [3.63, 3.8) is 0 Å². The lowest BCUT2D eigenvalue weighted by atomic mass is 9.85. The van der Waals surface area contributed by atoms with E-state index in [0.29, 0.717) is 18.2 Å². The van der Waals surface area contributed by atoms with Gasteiger partial charge < -0.3 is 5.32 Å². The molecule has 4 nitrogen and oxygen atoms in total. The van der Waals surface area contributed by atoms with Crippen LogP contribution in [-0.2, 0) is 13.0 Å². The van der Waals surface area contributed by atoms with Crippen molar-refractivity contribution < 1.29 is 0 Å². The van der Waals surface area contributed by atoms with Crippen LogP contribution < -0.4 is 16.2 Å². The fourth-order valence-electron chi connectivity index (χ4n) is 4.87. The molecule has 0 radical (unpaired) electrons. The summed E-state index contributed by atoms with van der Waals surface area (Å²) in [6.07, 6.45) is 2.18. The third kappa shape index (κ3) is 5.97. The smallest absolute Gasteiger partial charge is 0.161 e. The monoisotopic (exact) mass is 480 g/mol. The maximum atomic E-state index is 4.98. The molecule has 0 saturated carbocycles. The van der Waals surface area contributed by atoms with E-state index in [1.54, 1.807) is 0 Å². The molecule has 37 heavy (non-hydrogen) atoms. The first kappa shape index (κ1) is 24.5. The van der Waals surface area contributed by atoms with Gasteiger partial charge in [-0.25, -0.2) is 9.98 Å². The number of nitrogens with one attached hydrogen (secondary N) is 1. The molecule has 5 rings (SSSR count). The average molecular weight is 480 g/mol. The average Bonchev–Trinajstić information content (AvgIpc) is 2.93. The summed E-state index contributed by atoms with van der Waals surface area (Å²) >= 11 is 0. The highest BCUT2D eigenvalue weighted by Crippen LogP contribution is 2.24. The van der Waals surface area contributed by atoms with Crippen LogP contribution in [0.3, 0.4) is 0 Å². The van der Waals surface area contributed by atoms with Crippen LogP contribution in [0.1, 0.15) is 28.7 Å². The molecule has 0 unspecified atom stereocenters. The Morgan fingerprint density at radius 2 is 1.49 bits per heavy atom. The van der Waals surface area contributed by atoms with Crippen LogP contribution in [-0.4, -0.2) is 40.6 Å². The van der Waals surface area contributed by atoms with E-state index in [9.17, 15) is 0 Å². The Balaban J connectivity index is 1.53. The largest absolute Gasteiger partial charge is 0.385 e. The number of hydrogen-bond acceptors (Lipinski definition) is 2. The van der Waals surface area contributed by atoms with Crippen molar-refractivity contribution in [1.82, 2.24) is 0 Å². The third-order valence-electron chi connectivity index (χ3n) is 6.61. The van der Waals surface area contributed by atoms with E-state index in [2.05, 4.69) is 118 Å². The van der Waals surface area contributed by atoms with E-state index in [-0.39, 0.29) is 0 Å². The summed E-state index contributed by atoms with van der Waals surface area (Å²) in [4.78, 5) is 14.3. The standard InChI is InChI=1S/C31H30B2N4/c1-34-30(26-13-14-29-25(18-26)8-5-15-35-29)37-31(36-20-21-16-27(32)19-28(33)17-21)24-11-9-23(10-12-24)22-6-3-2-4-7-22/h2-4,6-7,9-14,16-19,35H,1,5,8,15,20,32-33H2/b36-31-,37-30-. The Labute approximate surface area is 221 Å². The molecule has 0 bridgehead atoms. The first-order chi connectivity index (χ1) is 18.1. The molecule has 6 heteroatoms. The number of aliphatic imine (C=N–C) groups is 3. The minimum atomic E-state index is 0.542. The predicted molar refractivity (Wildman–Crippen MR) is 164 cm³/mol. The number of aryl methyl sites for hydroxylation is 1. The van der Waals surface area contributed by atoms with Gasteiger partial charge >= 0.3 is 0 Å². The first-order valence-electron chi connectivity index (χ1n) is 12.8. The van der Waals surface area contributed by atoms with Crippen molar-refractivity contribution in [2.24, 2.45) is 15.0 Å². The van der Waals surface area contributed by atoms with Crippen molar-refractivity contribution >= 4 is 50.7 Å². The molecule has 1 N–H and O–H groups in total. The van der Waals surface area contributed by atoms with Crippen LogP contribution in [0.5, 0.6) is 0 Å². The second kappa shape index (κ2) is 11.3. The molecule has 1 aliphatic heterocycles. The van der Waals surface area contributed by atoms with Crippen LogP contribution in [0, 0.1) is 0 Å². The van der Waals surface area contributed by atoms with Crippen molar-refractivity contribution in [1.29, 1.82) is 0 Å². The number of fused-ring (bicyclic) bond motifs is 1. The van der Waals surface area contributed by atoms with Crippen molar-refractivity contribution in [2.45, 2.75) is 19.4 Å². The summed E-state index contributed by atoms with van der Waals surface area (Å²) < 4.78 is 0. The molecule has 0 atom stereocenters. The second-order valence-electron chi connectivity index (χ2n) is 9.57. The SMILES string of the molecule is Bc1cc(B)cc(C/N=C(\N=C(/N=C)c2ccc3c(c2)CCCN3)c2ccc(-c3ccccc3)cc2)c1. The van der Waals surface area contributed by atoms with Crippen molar-refractivity contribution in [3.05, 3.63) is 113 Å². The summed E-state index contributed by atoms with van der Waals surface area (Å²) in [6, 6.07) is 31.7. The molecule has 1 heterocycles. The van der Waals surface area contributed by atoms with Gasteiger partial charge in [0.2, 0.25) is 0 Å². The molecule has 1 aliphatic rings. The molecular formula is C31H30B2N4. The van der Waals surface area contributed by atoms with E-state index in [1.165, 1.54) is 33.3 Å². The van der Waals surface area contributed by atoms with E-state index in [1.807, 2.05) is 6.07 Å². The van der Waals surface area contributed by atoms with E-state index < -0.39 is 0 Å². The van der Waals surface area contributed by atoms with Gasteiger partial charge in [-0.15, -0.1) is 0 Å². The number of hydrogen-bond donors (Lipinski definition) is 1. The molecule has 4 aromatic carbocycles. The molecule has 0 amide bonds. The van der Waals surface area contributed by atoms with Crippen molar-refractivity contribution in [3.8, 4) is 11.1 Å². The Morgan fingerprint density at radius 1 is 0.784 bits per heavy atom. The van der Waals surface area contributed by atoms with E-state index in [4.69, 9.17) is 9.98 Å². The Kier molecular flexibility index (Phi) is 7.46. The second-order valence-corrected chi connectivity index (χ2v) is 9.57. The summed E-state index contributed by atoms with van der Waals surface area (Å²) in [7, 11) is 4.23. The van der Waals surface area contributed by atoms with Crippen LogP contribution in [0.2, 0.25) is 0 Å². The fourth-order valence-corrected chi connectivity index (χ4v) is 4.87. The Bertz CT molecular complexity index is 1460. The Hall–Kier alpha value is -4.18. The van der Waals surface area contributed by atoms with Gasteiger partial charge in [0.25, 0.3) is 0 Å². The van der Waals surface area contributed by atoms with Gasteiger partial charge in [-0.1, -0.05) is 83.7 Å². The molecule has 0 saturated heterocycles. The van der Waals surface area contributed by atoms with Gasteiger partial charge in [0.05, 0.1) is 6.54 Å². The molecule has 0 fully saturated rings. The maximum absolute atomic E-state index is 4.98. The van der Waals surface area contributed by atoms with Crippen LogP contribution >= 0.6 is 0 Å². The van der Waals surface area contributed by atoms with Gasteiger partial charge in [-0.3, -0.25) is 4.99 Å². The maximum Gasteiger partial charge on any atom is 0.161 e. The first-order valence-corrected chi connectivity index (χ1v) is 12.8. The highest BCUT2D eigenvalue weighted by Gasteiger charge is 2.13. The van der Waals surface area contributed by atoms with Crippen LogP contribution in [0.25, 0.3) is 11.1 Å². The predicted octanol–water partition coefficient (Wildman–Crippen LogP) is 3.32. The quantitative estimate of drug-likeness (QED) is 0.266. The van der Waals surface area contributed by atoms with E-state index in [0.717, 1.165) is 36.1 Å². The molecule has 4 aromatic rings. The minimum Gasteiger partial charge on any atom is -0.385 e. The van der Waals surface area contributed by atoms with Crippen LogP contribution in [0.4, 0.5) is 5.69 Å². The number of rotatable bonds is 5. The number of nitrogens with zero attached hydrogens (tertiary/aromatic N) is 3. The minimum absolute atomic E-state index is 0.542. The van der Waals surface area contributed by atoms with Crippen LogP contribution in [0.15, 0.2) is 106 Å². The van der Waals surface area contributed by atoms with Gasteiger partial charge in [0.15, 0.2) is 11.7 Å². The summed E-state index contributed by atoms with van der Waals surface area (Å²) in [5.41, 5.74) is 10.4. The molecule has 0 aliphatic carbocycles. The normalized spacial score (nSPS) is 13.5. The number of amidine groups is 2. The summed E-state index contributed by atoms with van der Waals surface area (Å²) in [5.74, 6) is 1.23. The number of anilines is 1. The van der Waals surface area contributed by atoms with E-state index >= 15 is 0 Å². The molecule has 180 valence electrons. The zero-order valence-corrected chi connectivity index (χ0v) is 21.5. The molecular weight excluding hydrogens is 450 g/mol. The molecule has 0 spiro atoms. The zero-order valence-electron chi connectivity index (χ0n) is 21.5. The lowest BCUT2D eigenvalue weighted by Crippen LogP contribution is -2.15. The lowest BCUT2D eigenvalue weighted by Gasteiger charge is -2.18. The zero-order chi connectivity index (χ0) is 25.6. The lowest BCUT2D eigenvalue weighted by molar-refractivity contribution is 0.830. The van der Waals surface area contributed by atoms with Gasteiger partial charge in [0, 0.05) is 23.4 Å². The highest BCUT2D eigenvalue weighted by molar-refractivity contribution is 6.37. The molecule has 0 aromatic heterocycles. The summed E-state index contributed by atoms with van der Waals surface area (Å²) in [5, 5.41) is 3.47. The van der Waals surface area contributed by atoms with Crippen molar-refractivity contribution in [2.75, 3.05) is 11.9 Å². The highest BCUT2D eigenvalue weighted by atomic mass is 15.0. The Morgan fingerprint density at radius 3 is 2.22 bits per heavy atom. The topological polar surface area (TPSA) is 49.1 Å². The fraction of sp³-hybridized carbons (Fsp3) is 0.129. The third-order valence-corrected chi connectivity index (χ3v) is 6.61. The van der Waals surface area contributed by atoms with Gasteiger partial charge in [-0.2, -0.15) is 0 Å². The summed E-state index contributed by atoms with van der Waals surface area (Å²) in [6.45, 7) is 5.40.